The smallest absolute Gasteiger partial charge is 0.328 e. The van der Waals surface area contributed by atoms with Crippen LogP contribution in [0, 0.1) is 0 Å². The minimum Gasteiger partial charge on any atom is -0.425 e. The number of benzene rings is 2. The third kappa shape index (κ3) is 3.30. The zero-order chi connectivity index (χ0) is 13.7. The highest BCUT2D eigenvalue weighted by Crippen LogP contribution is 2.25. The number of nitrogens with two attached hydrogens (primary N) is 2. The van der Waals surface area contributed by atoms with E-state index >= 15 is 0 Å². The zero-order valence-electron chi connectivity index (χ0n) is 10.7. The number of carbonyl (C=O) groups excluding carboxylic acids is 1. The molecule has 0 aromatic heterocycles. The van der Waals surface area contributed by atoms with Crippen LogP contribution < -0.4 is 16.2 Å². The van der Waals surface area contributed by atoms with Crippen molar-refractivity contribution in [2.24, 2.45) is 11.5 Å². The molecule has 0 unspecified atom stereocenters. The van der Waals surface area contributed by atoms with Crippen LogP contribution in [0.3, 0.4) is 0 Å². The lowest BCUT2D eigenvalue weighted by molar-refractivity contribution is -0.135. The van der Waals surface area contributed by atoms with Crippen molar-refractivity contribution in [1.82, 2.24) is 0 Å². The highest BCUT2D eigenvalue weighted by Gasteiger charge is 2.16. The number of rotatable bonds is 5. The van der Waals surface area contributed by atoms with Crippen LogP contribution in [-0.4, -0.2) is 18.6 Å². The summed E-state index contributed by atoms with van der Waals surface area (Å²) in [6, 6.07) is 12.7. The molecule has 0 aliphatic heterocycles. The van der Waals surface area contributed by atoms with Crippen LogP contribution in [0.25, 0.3) is 10.8 Å². The van der Waals surface area contributed by atoms with Crippen molar-refractivity contribution in [1.29, 1.82) is 0 Å². The van der Waals surface area contributed by atoms with Crippen LogP contribution in [0.15, 0.2) is 42.5 Å². The molecule has 19 heavy (non-hydrogen) atoms. The topological polar surface area (TPSA) is 78.3 Å². The van der Waals surface area contributed by atoms with Crippen LogP contribution >= 0.6 is 0 Å². The van der Waals surface area contributed by atoms with Gasteiger partial charge < -0.3 is 16.2 Å². The van der Waals surface area contributed by atoms with Gasteiger partial charge in [-0.15, -0.1) is 0 Å². The van der Waals surface area contributed by atoms with Crippen molar-refractivity contribution < 1.29 is 9.53 Å². The Kier molecular flexibility index (Phi) is 4.49. The van der Waals surface area contributed by atoms with Crippen molar-refractivity contribution in [3.05, 3.63) is 42.5 Å². The summed E-state index contributed by atoms with van der Waals surface area (Å²) < 4.78 is 5.38. The number of carbonyl (C=O) groups is 1. The van der Waals surface area contributed by atoms with Crippen LogP contribution in [0.1, 0.15) is 12.8 Å². The molecule has 2 aromatic carbocycles. The molecule has 2 aromatic rings. The number of ether oxygens (including phenoxy) is 1. The monoisotopic (exact) mass is 258 g/mol. The molecule has 0 amide bonds. The Morgan fingerprint density at radius 3 is 2.68 bits per heavy atom. The molecule has 0 fully saturated rings. The summed E-state index contributed by atoms with van der Waals surface area (Å²) in [7, 11) is 0. The summed E-state index contributed by atoms with van der Waals surface area (Å²) in [6.07, 6.45) is 1.26. The number of esters is 1. The fourth-order valence-corrected chi connectivity index (χ4v) is 1.92. The van der Waals surface area contributed by atoms with Gasteiger partial charge in [0.05, 0.1) is 0 Å². The molecule has 0 spiro atoms. The Bertz CT molecular complexity index is 564. The highest BCUT2D eigenvalue weighted by molar-refractivity contribution is 5.91. The molecular weight excluding hydrogens is 240 g/mol. The minimum absolute atomic E-state index is 0.412. The molecule has 0 aliphatic rings. The van der Waals surface area contributed by atoms with E-state index in [2.05, 4.69) is 0 Å². The summed E-state index contributed by atoms with van der Waals surface area (Å²) in [6.45, 7) is 0.523. The average Bonchev–Trinajstić information content (AvgIpc) is 2.45. The van der Waals surface area contributed by atoms with Crippen LogP contribution in [0.2, 0.25) is 0 Å². The first-order valence-corrected chi connectivity index (χ1v) is 6.37. The van der Waals surface area contributed by atoms with E-state index < -0.39 is 12.0 Å². The first kappa shape index (κ1) is 13.5. The maximum absolute atomic E-state index is 11.9. The average molecular weight is 258 g/mol. The summed E-state index contributed by atoms with van der Waals surface area (Å²) in [5, 5.41) is 1.94. The zero-order valence-corrected chi connectivity index (χ0v) is 10.7. The molecule has 2 rings (SSSR count). The highest BCUT2D eigenvalue weighted by atomic mass is 16.5. The Labute approximate surface area is 112 Å². The van der Waals surface area contributed by atoms with E-state index in [1.807, 2.05) is 36.4 Å². The van der Waals surface area contributed by atoms with Crippen LogP contribution in [0.4, 0.5) is 0 Å². The lowest BCUT2D eigenvalue weighted by Gasteiger charge is -2.12. The van der Waals surface area contributed by atoms with Gasteiger partial charge in [0.25, 0.3) is 0 Å². The van der Waals surface area contributed by atoms with Gasteiger partial charge in [-0.3, -0.25) is 0 Å². The van der Waals surface area contributed by atoms with Gasteiger partial charge in [-0.25, -0.2) is 4.79 Å². The molecule has 4 N–H and O–H groups in total. The number of hydrogen-bond acceptors (Lipinski definition) is 4. The van der Waals surface area contributed by atoms with Crippen molar-refractivity contribution in [2.45, 2.75) is 18.9 Å². The van der Waals surface area contributed by atoms with E-state index in [9.17, 15) is 4.79 Å². The lowest BCUT2D eigenvalue weighted by Crippen LogP contribution is -2.34. The van der Waals surface area contributed by atoms with Crippen LogP contribution in [-0.2, 0) is 4.79 Å². The Balaban J connectivity index is 2.15. The van der Waals surface area contributed by atoms with E-state index in [1.54, 1.807) is 6.07 Å². The van der Waals surface area contributed by atoms with E-state index in [0.717, 1.165) is 10.8 Å². The maximum Gasteiger partial charge on any atom is 0.328 e. The predicted octanol–water partition coefficient (Wildman–Crippen LogP) is 1.81. The third-order valence-electron chi connectivity index (χ3n) is 2.98. The molecule has 0 saturated carbocycles. The first-order chi connectivity index (χ1) is 9.22. The van der Waals surface area contributed by atoms with Crippen molar-refractivity contribution in [3.8, 4) is 5.75 Å². The van der Waals surface area contributed by atoms with Crippen LogP contribution in [0.5, 0.6) is 5.75 Å². The Morgan fingerprint density at radius 1 is 1.16 bits per heavy atom. The maximum atomic E-state index is 11.9. The predicted molar refractivity (Wildman–Crippen MR) is 75.8 cm³/mol. The van der Waals surface area contributed by atoms with E-state index in [1.165, 1.54) is 0 Å². The van der Waals surface area contributed by atoms with Crippen molar-refractivity contribution >= 4 is 16.7 Å². The molecule has 4 heteroatoms. The number of hydrogen-bond donors (Lipinski definition) is 2. The SMILES string of the molecule is NCCC[C@@H](N)C(=O)Oc1cccc2ccccc12. The molecule has 0 bridgehead atoms. The summed E-state index contributed by atoms with van der Waals surface area (Å²) in [5.41, 5.74) is 11.2. The fraction of sp³-hybridized carbons (Fsp3) is 0.267. The van der Waals surface area contributed by atoms with E-state index in [0.29, 0.717) is 25.1 Å². The molecular formula is C15H18N2O2. The fourth-order valence-electron chi connectivity index (χ4n) is 1.92. The molecule has 100 valence electrons. The normalized spacial score (nSPS) is 12.3. The quantitative estimate of drug-likeness (QED) is 0.633. The summed E-state index contributed by atoms with van der Waals surface area (Å²) in [4.78, 5) is 11.9. The van der Waals surface area contributed by atoms with E-state index in [4.69, 9.17) is 16.2 Å². The Hall–Kier alpha value is -1.91. The van der Waals surface area contributed by atoms with Crippen molar-refractivity contribution in [2.75, 3.05) is 6.54 Å². The van der Waals surface area contributed by atoms with Gasteiger partial charge in [0, 0.05) is 5.39 Å². The first-order valence-electron chi connectivity index (χ1n) is 6.37. The molecule has 0 saturated heterocycles. The van der Waals surface area contributed by atoms with Gasteiger partial charge in [0.2, 0.25) is 0 Å². The third-order valence-corrected chi connectivity index (χ3v) is 2.98. The van der Waals surface area contributed by atoms with Crippen molar-refractivity contribution in [3.63, 3.8) is 0 Å². The molecule has 1 atom stereocenters. The second-order valence-electron chi connectivity index (χ2n) is 4.44. The van der Waals surface area contributed by atoms with Gasteiger partial charge in [0.15, 0.2) is 0 Å². The van der Waals surface area contributed by atoms with Gasteiger partial charge in [-0.2, -0.15) is 0 Å². The lowest BCUT2D eigenvalue weighted by atomic mass is 10.1. The molecule has 4 nitrogen and oxygen atoms in total. The van der Waals surface area contributed by atoms with Gasteiger partial charge in [-0.05, 0) is 30.8 Å². The molecule has 0 heterocycles. The van der Waals surface area contributed by atoms with Gasteiger partial charge in [-0.1, -0.05) is 36.4 Å². The summed E-state index contributed by atoms with van der Waals surface area (Å²) in [5.74, 6) is 0.135. The molecule has 0 radical (unpaired) electrons. The van der Waals surface area contributed by atoms with Gasteiger partial charge >= 0.3 is 5.97 Å². The second-order valence-corrected chi connectivity index (χ2v) is 4.44. The minimum atomic E-state index is -0.623. The Morgan fingerprint density at radius 2 is 1.89 bits per heavy atom. The van der Waals surface area contributed by atoms with E-state index in [-0.39, 0.29) is 0 Å². The standard InChI is InChI=1S/C15H18N2O2/c16-10-4-8-13(17)15(18)19-14-9-3-6-11-5-1-2-7-12(11)14/h1-3,5-7,9,13H,4,8,10,16-17H2/t13-/m1/s1. The number of fused-ring (bicyclic) bond motifs is 1. The largest absolute Gasteiger partial charge is 0.425 e. The summed E-state index contributed by atoms with van der Waals surface area (Å²) >= 11 is 0. The molecule has 0 aliphatic carbocycles. The van der Waals surface area contributed by atoms with Gasteiger partial charge in [0.1, 0.15) is 11.8 Å². The second kappa shape index (κ2) is 6.31.